The van der Waals surface area contributed by atoms with Gasteiger partial charge in [0.2, 0.25) is 0 Å². The lowest BCUT2D eigenvalue weighted by Gasteiger charge is -2.32. The van der Waals surface area contributed by atoms with Gasteiger partial charge >= 0.3 is 0 Å². The molecule has 20 heteroatoms. The number of thioether (sulfide) groups is 1. The molecule has 1 aliphatic rings. The third kappa shape index (κ3) is 16.7. The van der Waals surface area contributed by atoms with Crippen molar-refractivity contribution in [3.63, 3.8) is 0 Å². The van der Waals surface area contributed by atoms with Crippen molar-refractivity contribution < 1.29 is 28.3 Å². The van der Waals surface area contributed by atoms with Crippen LogP contribution in [-0.2, 0) is 16.6 Å². The Balaban J connectivity index is 0.994. The molecule has 0 bridgehead atoms. The van der Waals surface area contributed by atoms with Crippen molar-refractivity contribution in [1.29, 1.82) is 0 Å². The Morgan fingerprint density at radius 1 is 0.827 bits per heavy atom. The van der Waals surface area contributed by atoms with Gasteiger partial charge in [-0.25, -0.2) is 8.42 Å². The predicted molar refractivity (Wildman–Crippen MR) is 304 cm³/mol. The fraction of sp³-hybridized carbons (Fsp3) is 0.364. The fourth-order valence-electron chi connectivity index (χ4n) is 8.72. The van der Waals surface area contributed by atoms with E-state index in [0.29, 0.717) is 49.1 Å². The van der Waals surface area contributed by atoms with E-state index in [-0.39, 0.29) is 46.9 Å². The molecule has 75 heavy (non-hydrogen) atoms. The Labute approximate surface area is 449 Å². The van der Waals surface area contributed by atoms with E-state index < -0.39 is 21.1 Å². The number of hydrogen-bond acceptors (Lipinski definition) is 14. The minimum atomic E-state index is -4.19. The van der Waals surface area contributed by atoms with Gasteiger partial charge in [0.25, 0.3) is 21.6 Å². The average Bonchev–Trinajstić information content (AvgIpc) is 3.81. The number of halogens is 1. The minimum absolute atomic E-state index is 0.127. The molecule has 6 aromatic rings. The summed E-state index contributed by atoms with van der Waals surface area (Å²) in [5.41, 5.74) is 5.43. The van der Waals surface area contributed by atoms with Crippen molar-refractivity contribution in [2.75, 3.05) is 113 Å². The van der Waals surface area contributed by atoms with Gasteiger partial charge in [0.15, 0.2) is 0 Å². The first-order valence-electron chi connectivity index (χ1n) is 25.2. The number of nitro groups is 1. The molecule has 0 unspecified atom stereocenters. The van der Waals surface area contributed by atoms with Gasteiger partial charge < -0.3 is 50.7 Å². The Bertz CT molecular complexity index is 2900. The van der Waals surface area contributed by atoms with Gasteiger partial charge in [0, 0.05) is 115 Å². The molecule has 1 aromatic heterocycles. The lowest BCUT2D eigenvalue weighted by atomic mass is 9.96. The Kier molecular flexibility index (Phi) is 20.8. The van der Waals surface area contributed by atoms with E-state index in [0.717, 1.165) is 90.3 Å². The second-order valence-corrected chi connectivity index (χ2v) is 22.2. The summed E-state index contributed by atoms with van der Waals surface area (Å²) in [5, 5.41) is 46.2. The number of anilines is 4. The first kappa shape index (κ1) is 56.6. The van der Waals surface area contributed by atoms with Gasteiger partial charge in [-0.1, -0.05) is 54.1 Å². The van der Waals surface area contributed by atoms with E-state index in [2.05, 4.69) is 42.8 Å². The number of aromatic nitrogens is 1. The van der Waals surface area contributed by atoms with Crippen molar-refractivity contribution in [2.24, 2.45) is 0 Å². The highest BCUT2D eigenvalue weighted by Crippen LogP contribution is 2.39. The second kappa shape index (κ2) is 27.6. The largest absolute Gasteiger partial charge is 0.394 e. The molecule has 1 saturated heterocycles. The Morgan fingerprint density at radius 2 is 1.53 bits per heavy atom. The number of carbonyl (C=O) groups excluding carboxylic acids is 1. The van der Waals surface area contributed by atoms with Crippen molar-refractivity contribution in [3.8, 4) is 22.3 Å². The van der Waals surface area contributed by atoms with E-state index in [1.165, 1.54) is 12.1 Å². The summed E-state index contributed by atoms with van der Waals surface area (Å²) in [4.78, 5) is 33.7. The molecule has 0 aliphatic carbocycles. The number of aryl methyl sites for hydroxylation is 1. The van der Waals surface area contributed by atoms with Gasteiger partial charge in [-0.2, -0.15) is 0 Å². The quantitative estimate of drug-likeness (QED) is 0.0107. The number of benzene rings is 5. The Morgan fingerprint density at radius 3 is 2.23 bits per heavy atom. The summed E-state index contributed by atoms with van der Waals surface area (Å²) in [7, 11) is 1.88. The maximum Gasteiger partial charge on any atom is 0.293 e. The molecule has 1 amide bonds. The summed E-state index contributed by atoms with van der Waals surface area (Å²) >= 11 is 7.97. The number of piperazine rings is 1. The van der Waals surface area contributed by atoms with Crippen molar-refractivity contribution in [1.82, 2.24) is 24.6 Å². The number of nitro benzene ring substituents is 1. The van der Waals surface area contributed by atoms with Crippen LogP contribution in [0.5, 0.6) is 0 Å². The van der Waals surface area contributed by atoms with Crippen LogP contribution in [0.3, 0.4) is 0 Å². The van der Waals surface area contributed by atoms with E-state index in [4.69, 9.17) is 11.6 Å². The monoisotopic (exact) mass is 1080 g/mol. The third-order valence-electron chi connectivity index (χ3n) is 12.9. The Hall–Kier alpha value is -6.16. The van der Waals surface area contributed by atoms with Crippen LogP contribution in [0.15, 0.2) is 137 Å². The summed E-state index contributed by atoms with van der Waals surface area (Å²) < 4.78 is 31.6. The van der Waals surface area contributed by atoms with Gasteiger partial charge in [0.1, 0.15) is 11.4 Å². The number of aliphatic hydroxyl groups is 2. The lowest BCUT2D eigenvalue weighted by Crippen LogP contribution is -2.45. The maximum absolute atomic E-state index is 14.3. The number of carbonyl (C=O) groups is 1. The molecule has 0 spiro atoms. The highest BCUT2D eigenvalue weighted by Gasteiger charge is 2.26. The fourth-order valence-corrected chi connectivity index (χ4v) is 10.9. The zero-order chi connectivity index (χ0) is 53.3. The second-order valence-electron chi connectivity index (χ2n) is 19.0. The number of nitrogens with one attached hydrogen (secondary N) is 5. The normalized spacial score (nSPS) is 14.1. The first-order chi connectivity index (χ1) is 36.1. The number of hydrogen-bond donors (Lipinski definition) is 7. The van der Waals surface area contributed by atoms with Crippen LogP contribution in [0.2, 0.25) is 5.02 Å². The lowest BCUT2D eigenvalue weighted by molar-refractivity contribution is -0.384. The standard InChI is InChI=1S/C55H69ClN10O7S2/c1-62(2)29-23-46(39-74-48-11-5-4-6-12-48)60-51-22-21-49(36-52(51)66(70)71)75(72,73)61-44-19-17-43(18-20-44)57-26-27-58-45-10-7-9-41(35-45)53-50(40-13-15-42(56)16-14-40)37-65(30-24-47(68)38-67)54(53)55(69)59-25-8-28-64-33-31-63(3)32-34-64/h4-7,9-22,35-37,46-47,57-58,60-61,67-68H,8,23-34,38-39H2,1-3H3,(H,59,69)/t46-,47+/m1/s1. The molecule has 1 aliphatic heterocycles. The van der Waals surface area contributed by atoms with E-state index >= 15 is 0 Å². The minimum Gasteiger partial charge on any atom is -0.394 e. The van der Waals surface area contributed by atoms with Crippen LogP contribution in [-0.4, -0.2) is 153 Å². The van der Waals surface area contributed by atoms with E-state index in [1.807, 2.05) is 109 Å². The summed E-state index contributed by atoms with van der Waals surface area (Å²) in [6.07, 6.45) is 2.74. The summed E-state index contributed by atoms with van der Waals surface area (Å²) in [6.45, 7) is 7.09. The number of likely N-dealkylation sites (N-methyl/N-ethyl adjacent to an activating group) is 1. The van der Waals surface area contributed by atoms with Gasteiger partial charge in [-0.3, -0.25) is 19.6 Å². The molecule has 0 radical (unpaired) electrons. The van der Waals surface area contributed by atoms with Crippen LogP contribution in [0.1, 0.15) is 29.8 Å². The molecule has 400 valence electrons. The predicted octanol–water partition coefficient (Wildman–Crippen LogP) is 8.34. The molecule has 7 rings (SSSR count). The molecule has 2 atom stereocenters. The number of amides is 1. The molecule has 1 fully saturated rings. The van der Waals surface area contributed by atoms with Crippen LogP contribution in [0, 0.1) is 10.1 Å². The molecular weight excluding hydrogens is 1010 g/mol. The highest BCUT2D eigenvalue weighted by atomic mass is 35.5. The van der Waals surface area contributed by atoms with Gasteiger partial charge in [0.05, 0.1) is 22.5 Å². The van der Waals surface area contributed by atoms with E-state index in [9.17, 15) is 33.5 Å². The van der Waals surface area contributed by atoms with Crippen LogP contribution in [0.4, 0.5) is 28.4 Å². The number of rotatable bonds is 28. The molecule has 7 N–H and O–H groups in total. The summed E-state index contributed by atoms with van der Waals surface area (Å²) in [6, 6.07) is 35.8. The van der Waals surface area contributed by atoms with Crippen molar-refractivity contribution in [2.45, 2.75) is 47.7 Å². The molecular formula is C55H69ClN10O7S2. The zero-order valence-corrected chi connectivity index (χ0v) is 45.1. The third-order valence-corrected chi connectivity index (χ3v) is 15.7. The van der Waals surface area contributed by atoms with Crippen LogP contribution < -0.4 is 26.0 Å². The van der Waals surface area contributed by atoms with Crippen molar-refractivity contribution >= 4 is 67.7 Å². The number of aliphatic hydroxyl groups excluding tert-OH is 2. The SMILES string of the molecule is CN(C)CC[C@H](CSc1ccccc1)Nc1ccc(S(=O)(=O)Nc2ccc(NCCNc3cccc(-c4c(-c5ccc(Cl)cc5)cn(CC[C@H](O)CO)c4C(=O)NCCCN4CCN(C)CC4)c3)cc2)cc1[N+](=O)[O-]. The van der Waals surface area contributed by atoms with Crippen LogP contribution in [0.25, 0.3) is 22.3 Å². The average molecular weight is 1080 g/mol. The maximum atomic E-state index is 14.3. The van der Waals surface area contributed by atoms with Crippen LogP contribution >= 0.6 is 23.4 Å². The van der Waals surface area contributed by atoms with E-state index in [1.54, 1.807) is 36.0 Å². The van der Waals surface area contributed by atoms with Gasteiger partial charge in [-0.05, 0) is 137 Å². The molecule has 0 saturated carbocycles. The number of sulfonamides is 1. The topological polar surface area (TPSA) is 210 Å². The summed E-state index contributed by atoms with van der Waals surface area (Å²) in [5.74, 6) is 0.418. The first-order valence-corrected chi connectivity index (χ1v) is 28.1. The molecule has 17 nitrogen and oxygen atoms in total. The smallest absolute Gasteiger partial charge is 0.293 e. The highest BCUT2D eigenvalue weighted by molar-refractivity contribution is 7.99. The zero-order valence-electron chi connectivity index (χ0n) is 42.8. The molecule has 2 heterocycles. The number of nitrogens with zero attached hydrogens (tertiary/aromatic N) is 5. The molecule has 5 aromatic carbocycles. The van der Waals surface area contributed by atoms with Crippen molar-refractivity contribution in [3.05, 3.63) is 148 Å². The van der Waals surface area contributed by atoms with Gasteiger partial charge in [-0.15, -0.1) is 11.8 Å².